The second-order valence-electron chi connectivity index (χ2n) is 4.43. The van der Waals surface area contributed by atoms with Crippen LogP contribution in [0.2, 0.25) is 0 Å². The van der Waals surface area contributed by atoms with Crippen molar-refractivity contribution in [3.63, 3.8) is 0 Å². The minimum Gasteiger partial charge on any atom is -0.351 e. The summed E-state index contributed by atoms with van der Waals surface area (Å²) in [5.41, 5.74) is 0.376. The zero-order valence-corrected chi connectivity index (χ0v) is 12.2. The highest BCUT2D eigenvalue weighted by Crippen LogP contribution is 2.33. The molecule has 21 heavy (non-hydrogen) atoms. The van der Waals surface area contributed by atoms with Crippen LogP contribution in [0.15, 0.2) is 60.7 Å². The first-order valence-electron chi connectivity index (χ1n) is 6.16. The van der Waals surface area contributed by atoms with E-state index in [-0.39, 0.29) is 11.1 Å². The second kappa shape index (κ2) is 5.77. The Morgan fingerprint density at radius 3 is 1.90 bits per heavy atom. The lowest BCUT2D eigenvalue weighted by atomic mass is 9.99. The molecule has 2 aromatic rings. The van der Waals surface area contributed by atoms with Gasteiger partial charge in [-0.1, -0.05) is 60.7 Å². The lowest BCUT2D eigenvalue weighted by molar-refractivity contribution is 0.0424. The summed E-state index contributed by atoms with van der Waals surface area (Å²) in [5.74, 6) is -0.723. The Bertz CT molecular complexity index is 729. The number of methoxy groups -OCH3 is 1. The van der Waals surface area contributed by atoms with E-state index in [4.69, 9.17) is 9.88 Å². The largest absolute Gasteiger partial charge is 0.351 e. The summed E-state index contributed by atoms with van der Waals surface area (Å²) in [4.78, 5) is 10.5. The van der Waals surface area contributed by atoms with E-state index >= 15 is 0 Å². The Hall–Kier alpha value is -2.02. The zero-order chi connectivity index (χ0) is 15.5. The monoisotopic (exact) mass is 305 g/mol. The first kappa shape index (κ1) is 15.4. The van der Waals surface area contributed by atoms with Gasteiger partial charge < -0.3 is 4.74 Å². The molecule has 0 aliphatic heterocycles. The summed E-state index contributed by atoms with van der Waals surface area (Å²) < 4.78 is 29.4. The van der Waals surface area contributed by atoms with Gasteiger partial charge >= 0.3 is 0 Å². The summed E-state index contributed by atoms with van der Waals surface area (Å²) in [6.07, 6.45) is 0. The number of ketones is 1. The summed E-state index contributed by atoms with van der Waals surface area (Å²) >= 11 is 0. The van der Waals surface area contributed by atoms with Gasteiger partial charge in [0.1, 0.15) is 0 Å². The SMILES string of the molecule is COC(C(=O)c1ccccc1)(c1ccccc1)S(N)(=O)=O. The molecule has 1 unspecified atom stereocenters. The number of primary sulfonamides is 1. The van der Waals surface area contributed by atoms with Crippen molar-refractivity contribution in [2.45, 2.75) is 4.93 Å². The van der Waals surface area contributed by atoms with Crippen molar-refractivity contribution in [3.8, 4) is 0 Å². The number of carbonyl (C=O) groups excluding carboxylic acids is 1. The summed E-state index contributed by atoms with van der Waals surface area (Å²) in [6, 6.07) is 16.0. The molecule has 2 N–H and O–H groups in total. The van der Waals surface area contributed by atoms with Crippen molar-refractivity contribution in [1.29, 1.82) is 0 Å². The first-order valence-corrected chi connectivity index (χ1v) is 7.71. The fourth-order valence-corrected chi connectivity index (χ4v) is 3.26. The molecule has 0 bridgehead atoms. The maximum absolute atomic E-state index is 12.8. The van der Waals surface area contributed by atoms with E-state index in [0.29, 0.717) is 0 Å². The minimum atomic E-state index is -4.35. The molecule has 0 radical (unpaired) electrons. The van der Waals surface area contributed by atoms with E-state index in [0.717, 1.165) is 7.11 Å². The Balaban J connectivity index is 2.71. The van der Waals surface area contributed by atoms with Crippen molar-refractivity contribution in [1.82, 2.24) is 0 Å². The van der Waals surface area contributed by atoms with E-state index < -0.39 is 20.7 Å². The molecule has 0 aromatic heterocycles. The molecule has 2 rings (SSSR count). The maximum atomic E-state index is 12.8. The third kappa shape index (κ3) is 2.61. The average molecular weight is 305 g/mol. The van der Waals surface area contributed by atoms with Crippen LogP contribution in [0.4, 0.5) is 0 Å². The third-order valence-electron chi connectivity index (χ3n) is 3.18. The molecule has 0 aliphatic rings. The highest BCUT2D eigenvalue weighted by atomic mass is 32.2. The van der Waals surface area contributed by atoms with Gasteiger partial charge in [0.05, 0.1) is 0 Å². The van der Waals surface area contributed by atoms with E-state index in [2.05, 4.69) is 0 Å². The standard InChI is InChI=1S/C15H15NO4S/c1-20-15(21(16,18)19,13-10-6-3-7-11-13)14(17)12-8-4-2-5-9-12/h2-11H,1H3,(H2,16,18,19). The van der Waals surface area contributed by atoms with Crippen molar-refractivity contribution in [2.75, 3.05) is 7.11 Å². The molecular formula is C15H15NO4S. The van der Waals surface area contributed by atoms with Crippen molar-refractivity contribution in [2.24, 2.45) is 5.14 Å². The Morgan fingerprint density at radius 1 is 1.00 bits per heavy atom. The van der Waals surface area contributed by atoms with Crippen LogP contribution >= 0.6 is 0 Å². The van der Waals surface area contributed by atoms with Crippen LogP contribution in [0.3, 0.4) is 0 Å². The van der Waals surface area contributed by atoms with Crippen LogP contribution in [0.1, 0.15) is 15.9 Å². The molecule has 0 amide bonds. The third-order valence-corrected chi connectivity index (χ3v) is 4.57. The van der Waals surface area contributed by atoms with E-state index in [9.17, 15) is 13.2 Å². The molecule has 1 atom stereocenters. The Labute approximate surface area is 123 Å². The minimum absolute atomic E-state index is 0.170. The van der Waals surface area contributed by atoms with Crippen LogP contribution in [0.5, 0.6) is 0 Å². The maximum Gasteiger partial charge on any atom is 0.271 e. The topological polar surface area (TPSA) is 86.5 Å². The van der Waals surface area contributed by atoms with Gasteiger partial charge in [-0.2, -0.15) is 0 Å². The van der Waals surface area contributed by atoms with Crippen LogP contribution < -0.4 is 5.14 Å². The number of hydrogen-bond donors (Lipinski definition) is 1. The van der Waals surface area contributed by atoms with Crippen LogP contribution in [0.25, 0.3) is 0 Å². The van der Waals surface area contributed by atoms with Crippen molar-refractivity contribution in [3.05, 3.63) is 71.8 Å². The zero-order valence-electron chi connectivity index (χ0n) is 11.4. The number of benzene rings is 2. The summed E-state index contributed by atoms with van der Waals surface area (Å²) in [7, 11) is -3.20. The van der Waals surface area contributed by atoms with Gasteiger partial charge in [-0.05, 0) is 0 Å². The molecule has 0 aliphatic carbocycles. The molecule has 5 nitrogen and oxygen atoms in total. The highest BCUT2D eigenvalue weighted by molar-refractivity contribution is 7.90. The fourth-order valence-electron chi connectivity index (χ4n) is 2.19. The smallest absolute Gasteiger partial charge is 0.271 e. The van der Waals surface area contributed by atoms with Gasteiger partial charge in [-0.3, -0.25) is 4.79 Å². The van der Waals surface area contributed by atoms with E-state index in [1.807, 2.05) is 0 Å². The number of Topliss-reactive ketones (excluding diaryl/α,β-unsaturated/α-hetero) is 1. The molecule has 2 aromatic carbocycles. The Kier molecular flexibility index (Phi) is 4.22. The molecule has 110 valence electrons. The molecule has 0 spiro atoms. The number of nitrogens with two attached hydrogens (primary N) is 1. The van der Waals surface area contributed by atoms with Gasteiger partial charge in [0.15, 0.2) is 0 Å². The fraction of sp³-hybridized carbons (Fsp3) is 0.133. The Morgan fingerprint density at radius 2 is 1.48 bits per heavy atom. The first-order chi connectivity index (χ1) is 9.93. The molecule has 0 heterocycles. The van der Waals surface area contributed by atoms with Crippen molar-refractivity contribution >= 4 is 15.8 Å². The average Bonchev–Trinajstić information content (AvgIpc) is 2.49. The van der Waals surface area contributed by atoms with E-state index in [1.165, 1.54) is 24.3 Å². The number of carbonyl (C=O) groups is 1. The summed E-state index contributed by atoms with van der Waals surface area (Å²) in [6.45, 7) is 0. The van der Waals surface area contributed by atoms with E-state index in [1.54, 1.807) is 36.4 Å². The number of sulfonamides is 1. The molecule has 6 heteroatoms. The molecular weight excluding hydrogens is 290 g/mol. The summed E-state index contributed by atoms with van der Waals surface area (Å²) in [5, 5.41) is 5.32. The number of ether oxygens (including phenoxy) is 1. The second-order valence-corrected chi connectivity index (χ2v) is 6.09. The lowest BCUT2D eigenvalue weighted by Gasteiger charge is -2.29. The lowest BCUT2D eigenvalue weighted by Crippen LogP contribution is -2.49. The molecule has 0 fully saturated rings. The van der Waals surface area contributed by atoms with Crippen molar-refractivity contribution < 1.29 is 17.9 Å². The predicted molar refractivity (Wildman–Crippen MR) is 79.0 cm³/mol. The number of hydrogen-bond acceptors (Lipinski definition) is 4. The van der Waals surface area contributed by atoms with Gasteiger partial charge in [-0.15, -0.1) is 0 Å². The predicted octanol–water partition coefficient (Wildman–Crippen LogP) is 1.66. The number of rotatable bonds is 5. The van der Waals surface area contributed by atoms with Gasteiger partial charge in [0.25, 0.3) is 15.0 Å². The van der Waals surface area contributed by atoms with Gasteiger partial charge in [0.2, 0.25) is 5.78 Å². The normalized spacial score (nSPS) is 14.4. The highest BCUT2D eigenvalue weighted by Gasteiger charge is 2.51. The van der Waals surface area contributed by atoms with Crippen LogP contribution in [-0.2, 0) is 19.7 Å². The van der Waals surface area contributed by atoms with Crippen LogP contribution in [0, 0.1) is 0 Å². The van der Waals surface area contributed by atoms with Gasteiger partial charge in [-0.25, -0.2) is 13.6 Å². The quantitative estimate of drug-likeness (QED) is 0.851. The van der Waals surface area contributed by atoms with Gasteiger partial charge in [0, 0.05) is 18.2 Å². The molecule has 0 saturated carbocycles. The molecule has 0 saturated heterocycles. The van der Waals surface area contributed by atoms with Crippen LogP contribution in [-0.4, -0.2) is 21.3 Å².